The molecule has 0 bridgehead atoms. The van der Waals surface area contributed by atoms with E-state index in [0.29, 0.717) is 23.0 Å². The molecule has 1 saturated heterocycles. The van der Waals surface area contributed by atoms with Gasteiger partial charge in [0.05, 0.1) is 17.1 Å². The topological polar surface area (TPSA) is 70.5 Å². The highest BCUT2D eigenvalue weighted by atomic mass is 35.5. The molecule has 7 nitrogen and oxygen atoms in total. The van der Waals surface area contributed by atoms with E-state index in [-0.39, 0.29) is 11.8 Å². The molecule has 1 fully saturated rings. The van der Waals surface area contributed by atoms with Gasteiger partial charge in [0.15, 0.2) is 0 Å². The van der Waals surface area contributed by atoms with Gasteiger partial charge in [-0.2, -0.15) is 5.10 Å². The van der Waals surface area contributed by atoms with Gasteiger partial charge in [0, 0.05) is 56.6 Å². The summed E-state index contributed by atoms with van der Waals surface area (Å²) in [4.78, 5) is 30.0. The number of nitrogens with one attached hydrogen (secondary N) is 1. The summed E-state index contributed by atoms with van der Waals surface area (Å²) in [5.41, 5.74) is 2.03. The third kappa shape index (κ3) is 5.08. The third-order valence-corrected chi connectivity index (χ3v) is 7.01. The Morgan fingerprint density at radius 2 is 1.87 bits per heavy atom. The summed E-state index contributed by atoms with van der Waals surface area (Å²) in [6.07, 6.45) is 0. The monoisotopic (exact) mass is 459 g/mol. The van der Waals surface area contributed by atoms with Crippen LogP contribution in [0.1, 0.15) is 27.9 Å². The minimum absolute atomic E-state index is 0.0546. The van der Waals surface area contributed by atoms with Gasteiger partial charge in [0.1, 0.15) is 4.83 Å². The van der Waals surface area contributed by atoms with Crippen LogP contribution in [0.4, 0.5) is 0 Å². The average Bonchev–Trinajstić information content (AvgIpc) is 3.31. The van der Waals surface area contributed by atoms with Crippen LogP contribution in [0.2, 0.25) is 5.02 Å². The summed E-state index contributed by atoms with van der Waals surface area (Å²) >= 11 is 7.45. The second-order valence-electron chi connectivity index (χ2n) is 7.80. The highest BCUT2D eigenvalue weighted by Crippen LogP contribution is 2.29. The summed E-state index contributed by atoms with van der Waals surface area (Å²) < 4.78 is 1.95. The smallest absolute Gasteiger partial charge is 0.261 e. The normalized spacial score (nSPS) is 14.9. The van der Waals surface area contributed by atoms with Crippen LogP contribution in [0.3, 0.4) is 0 Å². The molecule has 0 spiro atoms. The van der Waals surface area contributed by atoms with E-state index in [4.69, 9.17) is 11.6 Å². The quantitative estimate of drug-likeness (QED) is 0.615. The molecular formula is C22H26ClN5O2S. The Hall–Kier alpha value is -2.42. The molecule has 31 heavy (non-hydrogen) atoms. The fraction of sp³-hybridized carbons (Fsp3) is 0.409. The molecule has 2 amide bonds. The molecule has 3 heterocycles. The first-order valence-corrected chi connectivity index (χ1v) is 11.6. The number of rotatable bonds is 6. The fourth-order valence-electron chi connectivity index (χ4n) is 3.80. The van der Waals surface area contributed by atoms with Crippen LogP contribution in [0.15, 0.2) is 30.3 Å². The summed E-state index contributed by atoms with van der Waals surface area (Å²) in [5, 5.41) is 9.40. The number of aryl methyl sites for hydroxylation is 1. The van der Waals surface area contributed by atoms with Crippen LogP contribution in [0.5, 0.6) is 0 Å². The molecule has 9 heteroatoms. The van der Waals surface area contributed by atoms with Crippen LogP contribution in [0.25, 0.3) is 10.2 Å². The van der Waals surface area contributed by atoms with Gasteiger partial charge in [0.25, 0.3) is 5.91 Å². The minimum Gasteiger partial charge on any atom is -0.350 e. The zero-order chi connectivity index (χ0) is 22.0. The van der Waals surface area contributed by atoms with Crippen LogP contribution in [0, 0.1) is 6.92 Å². The first-order chi connectivity index (χ1) is 14.9. The molecule has 1 N–H and O–H groups in total. The maximum absolute atomic E-state index is 12.7. The van der Waals surface area contributed by atoms with Gasteiger partial charge in [-0.25, -0.2) is 0 Å². The number of aromatic nitrogens is 2. The van der Waals surface area contributed by atoms with E-state index < -0.39 is 0 Å². The van der Waals surface area contributed by atoms with Crippen LogP contribution < -0.4 is 5.32 Å². The highest BCUT2D eigenvalue weighted by Gasteiger charge is 2.19. The van der Waals surface area contributed by atoms with Crippen molar-refractivity contribution in [2.45, 2.75) is 20.4 Å². The standard InChI is InChI=1S/C22H26ClN5O2S/c1-15-19-13-20(21(30)24-7-8-26-9-11-27(12-10-26)16(2)29)31-22(19)28(25-15)14-17-3-5-18(23)6-4-17/h3-6,13H,7-12,14H2,1-2H3,(H,24,30). The van der Waals surface area contributed by atoms with Crippen molar-refractivity contribution in [3.05, 3.63) is 51.5 Å². The molecule has 0 saturated carbocycles. The second-order valence-corrected chi connectivity index (χ2v) is 9.27. The number of thiophene rings is 1. The Kier molecular flexibility index (Phi) is 6.60. The molecule has 0 radical (unpaired) electrons. The van der Waals surface area contributed by atoms with Crippen molar-refractivity contribution in [3.63, 3.8) is 0 Å². The predicted molar refractivity (Wildman–Crippen MR) is 124 cm³/mol. The van der Waals surface area contributed by atoms with Gasteiger partial charge < -0.3 is 10.2 Å². The minimum atomic E-state index is -0.0546. The van der Waals surface area contributed by atoms with E-state index in [0.717, 1.165) is 54.2 Å². The van der Waals surface area contributed by atoms with Crippen molar-refractivity contribution in [2.75, 3.05) is 39.3 Å². The first kappa shape index (κ1) is 21.8. The van der Waals surface area contributed by atoms with Gasteiger partial charge in [-0.3, -0.25) is 19.2 Å². The number of carbonyl (C=O) groups is 2. The Bertz CT molecular complexity index is 1080. The predicted octanol–water partition coefficient (Wildman–Crippen LogP) is 3.00. The molecule has 3 aromatic rings. The number of halogens is 1. The molecule has 164 valence electrons. The number of amides is 2. The highest BCUT2D eigenvalue weighted by molar-refractivity contribution is 7.20. The lowest BCUT2D eigenvalue weighted by molar-refractivity contribution is -0.130. The molecule has 1 aromatic carbocycles. The summed E-state index contributed by atoms with van der Waals surface area (Å²) in [6, 6.07) is 9.66. The summed E-state index contributed by atoms with van der Waals surface area (Å²) in [7, 11) is 0. The Balaban J connectivity index is 1.35. The Morgan fingerprint density at radius 1 is 1.16 bits per heavy atom. The molecule has 4 rings (SSSR count). The third-order valence-electron chi connectivity index (χ3n) is 5.61. The van der Waals surface area contributed by atoms with Crippen molar-refractivity contribution in [2.24, 2.45) is 0 Å². The van der Waals surface area contributed by atoms with Crippen molar-refractivity contribution < 1.29 is 9.59 Å². The fourth-order valence-corrected chi connectivity index (χ4v) is 5.00. The zero-order valence-electron chi connectivity index (χ0n) is 17.7. The summed E-state index contributed by atoms with van der Waals surface area (Å²) in [5.74, 6) is 0.0728. The Morgan fingerprint density at radius 3 is 2.55 bits per heavy atom. The van der Waals surface area contributed by atoms with Gasteiger partial charge in [-0.15, -0.1) is 11.3 Å². The van der Waals surface area contributed by atoms with Crippen LogP contribution in [-0.2, 0) is 11.3 Å². The summed E-state index contributed by atoms with van der Waals surface area (Å²) in [6.45, 7) is 8.78. The maximum Gasteiger partial charge on any atom is 0.261 e. The van der Waals surface area contributed by atoms with Gasteiger partial charge in [0.2, 0.25) is 5.91 Å². The molecule has 0 atom stereocenters. The molecule has 1 aliphatic heterocycles. The van der Waals surface area contributed by atoms with Crippen molar-refractivity contribution in [1.29, 1.82) is 0 Å². The number of carbonyl (C=O) groups excluding carboxylic acids is 2. The average molecular weight is 460 g/mol. The van der Waals surface area contributed by atoms with E-state index in [1.807, 2.05) is 46.8 Å². The van der Waals surface area contributed by atoms with Crippen LogP contribution >= 0.6 is 22.9 Å². The van der Waals surface area contributed by atoms with Gasteiger partial charge >= 0.3 is 0 Å². The lowest BCUT2D eigenvalue weighted by atomic mass is 10.2. The molecule has 0 unspecified atom stereocenters. The molecule has 2 aromatic heterocycles. The van der Waals surface area contributed by atoms with Crippen molar-refractivity contribution in [3.8, 4) is 0 Å². The number of benzene rings is 1. The number of piperazine rings is 1. The van der Waals surface area contributed by atoms with E-state index in [2.05, 4.69) is 15.3 Å². The van der Waals surface area contributed by atoms with E-state index in [1.165, 1.54) is 11.3 Å². The van der Waals surface area contributed by atoms with E-state index in [1.54, 1.807) is 6.92 Å². The van der Waals surface area contributed by atoms with E-state index >= 15 is 0 Å². The maximum atomic E-state index is 12.7. The second kappa shape index (κ2) is 9.38. The lowest BCUT2D eigenvalue weighted by Gasteiger charge is -2.34. The largest absolute Gasteiger partial charge is 0.350 e. The molecule has 1 aliphatic rings. The molecular weight excluding hydrogens is 434 g/mol. The zero-order valence-corrected chi connectivity index (χ0v) is 19.3. The Labute approximate surface area is 190 Å². The van der Waals surface area contributed by atoms with E-state index in [9.17, 15) is 9.59 Å². The number of hydrogen-bond donors (Lipinski definition) is 1. The molecule has 0 aliphatic carbocycles. The number of hydrogen-bond acceptors (Lipinski definition) is 5. The van der Waals surface area contributed by atoms with Crippen molar-refractivity contribution in [1.82, 2.24) is 24.9 Å². The van der Waals surface area contributed by atoms with Crippen LogP contribution in [-0.4, -0.2) is 70.7 Å². The van der Waals surface area contributed by atoms with Gasteiger partial charge in [-0.05, 0) is 30.7 Å². The first-order valence-electron chi connectivity index (χ1n) is 10.4. The SMILES string of the molecule is CC(=O)N1CCN(CCNC(=O)c2cc3c(C)nn(Cc4ccc(Cl)cc4)c3s2)CC1. The number of nitrogens with zero attached hydrogens (tertiary/aromatic N) is 4. The van der Waals surface area contributed by atoms with Crippen molar-refractivity contribution >= 4 is 45.0 Å². The number of fused-ring (bicyclic) bond motifs is 1. The lowest BCUT2D eigenvalue weighted by Crippen LogP contribution is -2.49. The van der Waals surface area contributed by atoms with Gasteiger partial charge in [-0.1, -0.05) is 23.7 Å².